The number of likely N-dealkylation sites (tertiary alicyclic amines) is 1. The molecule has 0 aromatic heterocycles. The van der Waals surface area contributed by atoms with Crippen LogP contribution < -0.4 is 5.32 Å². The summed E-state index contributed by atoms with van der Waals surface area (Å²) in [7, 11) is 4.37. The van der Waals surface area contributed by atoms with Gasteiger partial charge in [-0.15, -0.1) is 0 Å². The molecule has 0 aliphatic carbocycles. The first-order chi connectivity index (χ1) is 8.58. The minimum absolute atomic E-state index is 0.819. The third-order valence-corrected chi connectivity index (χ3v) is 3.83. The van der Waals surface area contributed by atoms with E-state index < -0.39 is 0 Å². The monoisotopic (exact) mass is 255 g/mol. The zero-order valence-corrected chi connectivity index (χ0v) is 12.9. The van der Waals surface area contributed by atoms with Crippen LogP contribution in [-0.2, 0) is 0 Å². The first-order valence-electron chi connectivity index (χ1n) is 7.65. The van der Waals surface area contributed by atoms with Crippen molar-refractivity contribution in [2.75, 3.05) is 53.4 Å². The van der Waals surface area contributed by atoms with Gasteiger partial charge in [0.15, 0.2) is 0 Å². The zero-order chi connectivity index (χ0) is 13.4. The zero-order valence-electron chi connectivity index (χ0n) is 12.9. The van der Waals surface area contributed by atoms with Crippen LogP contribution >= 0.6 is 0 Å². The number of nitrogens with one attached hydrogen (secondary N) is 1. The molecule has 0 saturated carbocycles. The highest BCUT2D eigenvalue weighted by atomic mass is 15.1. The van der Waals surface area contributed by atoms with Crippen molar-refractivity contribution in [2.24, 2.45) is 11.8 Å². The van der Waals surface area contributed by atoms with E-state index in [-0.39, 0.29) is 0 Å². The average molecular weight is 255 g/mol. The molecule has 1 aliphatic rings. The third kappa shape index (κ3) is 7.34. The van der Waals surface area contributed by atoms with Crippen molar-refractivity contribution in [3.05, 3.63) is 0 Å². The van der Waals surface area contributed by atoms with Gasteiger partial charge >= 0.3 is 0 Å². The van der Waals surface area contributed by atoms with Crippen molar-refractivity contribution in [1.82, 2.24) is 15.1 Å². The molecule has 1 saturated heterocycles. The van der Waals surface area contributed by atoms with Crippen LogP contribution in [0.4, 0.5) is 0 Å². The number of hydrogen-bond acceptors (Lipinski definition) is 3. The van der Waals surface area contributed by atoms with Crippen LogP contribution in [0, 0.1) is 11.8 Å². The molecule has 1 rings (SSSR count). The Bertz CT molecular complexity index is 196. The van der Waals surface area contributed by atoms with Gasteiger partial charge in [0.25, 0.3) is 0 Å². The molecule has 108 valence electrons. The summed E-state index contributed by atoms with van der Waals surface area (Å²) in [5.74, 6) is 1.74. The molecule has 1 N–H and O–H groups in total. The fourth-order valence-electron chi connectivity index (χ4n) is 2.66. The highest BCUT2D eigenvalue weighted by molar-refractivity contribution is 4.74. The van der Waals surface area contributed by atoms with Crippen molar-refractivity contribution in [1.29, 1.82) is 0 Å². The van der Waals surface area contributed by atoms with Crippen LogP contribution in [-0.4, -0.2) is 63.2 Å². The molecule has 0 radical (unpaired) electrons. The highest BCUT2D eigenvalue weighted by Crippen LogP contribution is 2.17. The Labute approximate surface area is 114 Å². The second-order valence-electron chi connectivity index (χ2n) is 6.48. The van der Waals surface area contributed by atoms with Gasteiger partial charge in [-0.05, 0) is 64.8 Å². The Morgan fingerprint density at radius 2 is 1.83 bits per heavy atom. The second kappa shape index (κ2) is 8.89. The normalized spacial score (nSPS) is 19.0. The Morgan fingerprint density at radius 3 is 2.39 bits per heavy atom. The second-order valence-corrected chi connectivity index (χ2v) is 6.48. The van der Waals surface area contributed by atoms with E-state index in [1.165, 1.54) is 52.0 Å². The minimum atomic E-state index is 0.819. The van der Waals surface area contributed by atoms with Crippen molar-refractivity contribution in [3.8, 4) is 0 Å². The van der Waals surface area contributed by atoms with E-state index in [2.05, 4.69) is 43.1 Å². The maximum Gasteiger partial charge on any atom is 0.0107 e. The van der Waals surface area contributed by atoms with Crippen LogP contribution in [0.15, 0.2) is 0 Å². The molecular weight excluding hydrogens is 222 g/mol. The SMILES string of the molecule is CC(C)CCNCCN1CCC(CN(C)C)CC1. The molecule has 1 fully saturated rings. The molecule has 0 atom stereocenters. The van der Waals surface area contributed by atoms with Gasteiger partial charge in [0.2, 0.25) is 0 Å². The maximum atomic E-state index is 3.56. The van der Waals surface area contributed by atoms with Crippen LogP contribution in [0.2, 0.25) is 0 Å². The summed E-state index contributed by atoms with van der Waals surface area (Å²) in [5.41, 5.74) is 0. The summed E-state index contributed by atoms with van der Waals surface area (Å²) in [5, 5.41) is 3.56. The van der Waals surface area contributed by atoms with E-state index in [1.54, 1.807) is 0 Å². The van der Waals surface area contributed by atoms with E-state index in [0.717, 1.165) is 18.4 Å². The topological polar surface area (TPSA) is 18.5 Å². The largest absolute Gasteiger partial charge is 0.315 e. The summed E-state index contributed by atoms with van der Waals surface area (Å²) in [6, 6.07) is 0. The van der Waals surface area contributed by atoms with Crippen molar-refractivity contribution < 1.29 is 0 Å². The molecule has 0 amide bonds. The molecule has 18 heavy (non-hydrogen) atoms. The van der Waals surface area contributed by atoms with E-state index in [0.29, 0.717) is 0 Å². The molecule has 0 bridgehead atoms. The van der Waals surface area contributed by atoms with Crippen molar-refractivity contribution in [3.63, 3.8) is 0 Å². The number of piperidine rings is 1. The van der Waals surface area contributed by atoms with Crippen LogP contribution in [0.5, 0.6) is 0 Å². The number of nitrogens with zero attached hydrogens (tertiary/aromatic N) is 2. The number of hydrogen-bond donors (Lipinski definition) is 1. The van der Waals surface area contributed by atoms with E-state index in [9.17, 15) is 0 Å². The Balaban J connectivity index is 1.98. The lowest BCUT2D eigenvalue weighted by molar-refractivity contribution is 0.163. The summed E-state index contributed by atoms with van der Waals surface area (Å²) < 4.78 is 0. The summed E-state index contributed by atoms with van der Waals surface area (Å²) in [6.45, 7) is 12.0. The summed E-state index contributed by atoms with van der Waals surface area (Å²) in [4.78, 5) is 4.95. The van der Waals surface area contributed by atoms with Gasteiger partial charge in [-0.25, -0.2) is 0 Å². The van der Waals surface area contributed by atoms with Crippen LogP contribution in [0.25, 0.3) is 0 Å². The Hall–Kier alpha value is -0.120. The van der Waals surface area contributed by atoms with E-state index >= 15 is 0 Å². The minimum Gasteiger partial charge on any atom is -0.315 e. The molecule has 1 aliphatic heterocycles. The van der Waals surface area contributed by atoms with Crippen molar-refractivity contribution >= 4 is 0 Å². The van der Waals surface area contributed by atoms with Gasteiger partial charge in [0.05, 0.1) is 0 Å². The van der Waals surface area contributed by atoms with Crippen LogP contribution in [0.1, 0.15) is 33.1 Å². The summed E-state index contributed by atoms with van der Waals surface area (Å²) >= 11 is 0. The molecule has 3 heteroatoms. The highest BCUT2D eigenvalue weighted by Gasteiger charge is 2.18. The lowest BCUT2D eigenvalue weighted by atomic mass is 9.96. The molecule has 0 aromatic carbocycles. The van der Waals surface area contributed by atoms with Gasteiger partial charge in [0.1, 0.15) is 0 Å². The molecule has 3 nitrogen and oxygen atoms in total. The van der Waals surface area contributed by atoms with Gasteiger partial charge in [-0.2, -0.15) is 0 Å². The van der Waals surface area contributed by atoms with Crippen molar-refractivity contribution in [2.45, 2.75) is 33.1 Å². The van der Waals surface area contributed by atoms with E-state index in [4.69, 9.17) is 0 Å². The Morgan fingerprint density at radius 1 is 1.17 bits per heavy atom. The fourth-order valence-corrected chi connectivity index (χ4v) is 2.66. The van der Waals surface area contributed by atoms with Gasteiger partial charge in [-0.3, -0.25) is 0 Å². The molecule has 0 spiro atoms. The predicted octanol–water partition coefficient (Wildman–Crippen LogP) is 1.90. The smallest absolute Gasteiger partial charge is 0.0107 e. The first kappa shape index (κ1) is 15.9. The quantitative estimate of drug-likeness (QED) is 0.668. The predicted molar refractivity (Wildman–Crippen MR) is 80.0 cm³/mol. The summed E-state index contributed by atoms with van der Waals surface area (Å²) in [6.07, 6.45) is 4.05. The first-order valence-corrected chi connectivity index (χ1v) is 7.65. The molecule has 1 heterocycles. The standard InChI is InChI=1S/C15H33N3/c1-14(2)5-8-16-9-12-18-10-6-15(7-11-18)13-17(3)4/h14-16H,5-13H2,1-4H3. The lowest BCUT2D eigenvalue weighted by Crippen LogP contribution is -2.40. The Kier molecular flexibility index (Phi) is 7.87. The van der Waals surface area contributed by atoms with Gasteiger partial charge in [0, 0.05) is 19.6 Å². The lowest BCUT2D eigenvalue weighted by Gasteiger charge is -2.33. The molecular formula is C15H33N3. The van der Waals surface area contributed by atoms with Crippen LogP contribution in [0.3, 0.4) is 0 Å². The fraction of sp³-hybridized carbons (Fsp3) is 1.00. The van der Waals surface area contributed by atoms with Gasteiger partial charge in [-0.1, -0.05) is 13.8 Å². The third-order valence-electron chi connectivity index (χ3n) is 3.83. The molecule has 0 unspecified atom stereocenters. The van der Waals surface area contributed by atoms with Gasteiger partial charge < -0.3 is 15.1 Å². The number of rotatable bonds is 8. The average Bonchev–Trinajstić information content (AvgIpc) is 2.30. The molecule has 0 aromatic rings. The maximum absolute atomic E-state index is 3.56. The van der Waals surface area contributed by atoms with E-state index in [1.807, 2.05) is 0 Å².